The summed E-state index contributed by atoms with van der Waals surface area (Å²) in [6.45, 7) is 0. The number of hydrogen-bond donors (Lipinski definition) is 1. The fourth-order valence-corrected chi connectivity index (χ4v) is 3.38. The van der Waals surface area contributed by atoms with E-state index >= 15 is 0 Å². The topological polar surface area (TPSA) is 29.5 Å². The summed E-state index contributed by atoms with van der Waals surface area (Å²) in [5, 5.41) is 9.28. The Morgan fingerprint density at radius 1 is 0.944 bits per heavy atom. The Balaban J connectivity index is 1.99. The molecule has 2 aliphatic rings. The second-order valence-electron chi connectivity index (χ2n) is 5.55. The molecule has 0 aliphatic heterocycles. The van der Waals surface area contributed by atoms with Crippen LogP contribution < -0.4 is 0 Å². The number of halogens is 3. The smallest absolute Gasteiger partial charge is 0.157 e. The summed E-state index contributed by atoms with van der Waals surface area (Å²) in [4.78, 5) is 0. The van der Waals surface area contributed by atoms with Gasteiger partial charge in [0.05, 0.1) is 12.2 Å². The molecule has 0 radical (unpaired) electrons. The highest BCUT2D eigenvalue weighted by Gasteiger charge is 2.46. The number of methoxy groups -OCH3 is 1. The van der Waals surface area contributed by atoms with Gasteiger partial charge in [-0.05, 0) is 37.5 Å². The minimum atomic E-state index is -1.86. The second-order valence-corrected chi connectivity index (χ2v) is 5.55. The molecule has 0 aromatic carbocycles. The fraction of sp³-hybridized carbons (Fsp3) is 1.00. The zero-order valence-corrected chi connectivity index (χ0v) is 10.6. The van der Waals surface area contributed by atoms with E-state index in [2.05, 4.69) is 0 Å². The summed E-state index contributed by atoms with van der Waals surface area (Å²) < 4.78 is 46.5. The predicted molar refractivity (Wildman–Crippen MR) is 61.6 cm³/mol. The summed E-state index contributed by atoms with van der Waals surface area (Å²) in [7, 11) is 1.55. The Hall–Kier alpha value is -0.290. The third-order valence-corrected chi connectivity index (χ3v) is 4.53. The van der Waals surface area contributed by atoms with Gasteiger partial charge in [-0.25, -0.2) is 13.2 Å². The molecule has 2 aliphatic carbocycles. The zero-order valence-electron chi connectivity index (χ0n) is 10.6. The van der Waals surface area contributed by atoms with E-state index in [4.69, 9.17) is 4.74 Å². The first-order chi connectivity index (χ1) is 8.54. The van der Waals surface area contributed by atoms with Gasteiger partial charge in [-0.15, -0.1) is 0 Å². The molecular formula is C13H21F3O2. The summed E-state index contributed by atoms with van der Waals surface area (Å²) >= 11 is 0. The molecule has 0 heterocycles. The second kappa shape index (κ2) is 5.78. The van der Waals surface area contributed by atoms with Crippen LogP contribution in [-0.2, 0) is 4.74 Å². The van der Waals surface area contributed by atoms with Crippen LogP contribution >= 0.6 is 0 Å². The summed E-state index contributed by atoms with van der Waals surface area (Å²) in [5.74, 6) is -1.03. The molecule has 18 heavy (non-hydrogen) atoms. The Morgan fingerprint density at radius 2 is 1.61 bits per heavy atom. The molecule has 0 aromatic heterocycles. The molecule has 0 saturated heterocycles. The van der Waals surface area contributed by atoms with Crippen LogP contribution in [0.25, 0.3) is 0 Å². The lowest BCUT2D eigenvalue weighted by molar-refractivity contribution is -0.0771. The van der Waals surface area contributed by atoms with Crippen molar-refractivity contribution in [1.29, 1.82) is 0 Å². The average molecular weight is 266 g/mol. The number of rotatable bonds is 2. The Morgan fingerprint density at radius 3 is 2.22 bits per heavy atom. The lowest BCUT2D eigenvalue weighted by atomic mass is 9.70. The van der Waals surface area contributed by atoms with Gasteiger partial charge in [-0.2, -0.15) is 0 Å². The first kappa shape index (κ1) is 14.1. The van der Waals surface area contributed by atoms with Crippen LogP contribution in [0.4, 0.5) is 13.2 Å². The molecule has 0 spiro atoms. The van der Waals surface area contributed by atoms with E-state index in [0.717, 1.165) is 0 Å². The van der Waals surface area contributed by atoms with Crippen molar-refractivity contribution in [3.8, 4) is 0 Å². The highest BCUT2D eigenvalue weighted by atomic mass is 19.2. The fourth-order valence-electron chi connectivity index (χ4n) is 3.38. The van der Waals surface area contributed by atoms with Gasteiger partial charge >= 0.3 is 0 Å². The van der Waals surface area contributed by atoms with Gasteiger partial charge in [-0.3, -0.25) is 0 Å². The van der Waals surface area contributed by atoms with Crippen LogP contribution in [0.1, 0.15) is 32.1 Å². The molecular weight excluding hydrogens is 245 g/mol. The number of hydrogen-bond acceptors (Lipinski definition) is 2. The van der Waals surface area contributed by atoms with Gasteiger partial charge in [0.15, 0.2) is 6.17 Å². The average Bonchev–Trinajstić information content (AvgIpc) is 2.37. The van der Waals surface area contributed by atoms with Gasteiger partial charge in [0.25, 0.3) is 0 Å². The third kappa shape index (κ3) is 2.67. The quantitative estimate of drug-likeness (QED) is 0.832. The molecule has 2 saturated carbocycles. The molecule has 7 atom stereocenters. The van der Waals surface area contributed by atoms with E-state index in [-0.39, 0.29) is 18.9 Å². The Bertz CT molecular complexity index is 277. The maximum absolute atomic E-state index is 14.0. The van der Waals surface area contributed by atoms with E-state index in [1.165, 1.54) is 0 Å². The van der Waals surface area contributed by atoms with E-state index in [0.29, 0.717) is 19.3 Å². The molecule has 1 N–H and O–H groups in total. The predicted octanol–water partition coefficient (Wildman–Crippen LogP) is 2.59. The summed E-state index contributed by atoms with van der Waals surface area (Å²) in [6, 6.07) is 0. The van der Waals surface area contributed by atoms with Gasteiger partial charge in [-0.1, -0.05) is 0 Å². The van der Waals surface area contributed by atoms with Crippen molar-refractivity contribution >= 4 is 0 Å². The van der Waals surface area contributed by atoms with E-state index in [9.17, 15) is 18.3 Å². The van der Waals surface area contributed by atoms with Gasteiger partial charge in [0.2, 0.25) is 0 Å². The number of aliphatic hydroxyl groups is 1. The van der Waals surface area contributed by atoms with Crippen LogP contribution in [0.15, 0.2) is 0 Å². The maximum Gasteiger partial charge on any atom is 0.157 e. The van der Waals surface area contributed by atoms with Crippen molar-refractivity contribution < 1.29 is 23.0 Å². The van der Waals surface area contributed by atoms with Crippen molar-refractivity contribution in [2.24, 2.45) is 11.8 Å². The van der Waals surface area contributed by atoms with E-state index in [1.807, 2.05) is 0 Å². The lowest BCUT2D eigenvalue weighted by Crippen LogP contribution is -2.47. The first-order valence-corrected chi connectivity index (χ1v) is 6.67. The van der Waals surface area contributed by atoms with Crippen LogP contribution in [-0.4, -0.2) is 42.9 Å². The Labute approximate surface area is 106 Å². The van der Waals surface area contributed by atoms with Crippen molar-refractivity contribution in [3.05, 3.63) is 0 Å². The molecule has 7 unspecified atom stereocenters. The highest BCUT2D eigenvalue weighted by molar-refractivity contribution is 4.95. The molecule has 0 aromatic rings. The van der Waals surface area contributed by atoms with Gasteiger partial charge in [0, 0.05) is 13.5 Å². The summed E-state index contributed by atoms with van der Waals surface area (Å²) in [5.41, 5.74) is 0. The first-order valence-electron chi connectivity index (χ1n) is 6.67. The van der Waals surface area contributed by atoms with Crippen LogP contribution in [0.2, 0.25) is 0 Å². The van der Waals surface area contributed by atoms with Gasteiger partial charge < -0.3 is 9.84 Å². The minimum absolute atomic E-state index is 0.107. The standard InChI is InChI=1S/C13H21F3O2/c1-18-7-2-3-8(10(14)6-7)9-4-5-11(17)13(16)12(9)15/h7-13,17H,2-6H2,1H3. The van der Waals surface area contributed by atoms with Crippen LogP contribution in [0.5, 0.6) is 0 Å². The molecule has 0 bridgehead atoms. The van der Waals surface area contributed by atoms with Crippen molar-refractivity contribution in [1.82, 2.24) is 0 Å². The van der Waals surface area contributed by atoms with E-state index < -0.39 is 36.5 Å². The monoisotopic (exact) mass is 266 g/mol. The van der Waals surface area contributed by atoms with E-state index in [1.54, 1.807) is 7.11 Å². The number of ether oxygens (including phenoxy) is 1. The van der Waals surface area contributed by atoms with Crippen molar-refractivity contribution in [2.45, 2.75) is 62.8 Å². The summed E-state index contributed by atoms with van der Waals surface area (Å²) in [6.07, 6.45) is -3.98. The molecule has 2 fully saturated rings. The largest absolute Gasteiger partial charge is 0.390 e. The van der Waals surface area contributed by atoms with Crippen molar-refractivity contribution in [2.75, 3.05) is 7.11 Å². The highest BCUT2D eigenvalue weighted by Crippen LogP contribution is 2.42. The lowest BCUT2D eigenvalue weighted by Gasteiger charge is -2.41. The third-order valence-electron chi connectivity index (χ3n) is 4.53. The molecule has 5 heteroatoms. The molecule has 0 amide bonds. The van der Waals surface area contributed by atoms with Crippen LogP contribution in [0, 0.1) is 11.8 Å². The molecule has 106 valence electrons. The maximum atomic E-state index is 14.0. The number of alkyl halides is 3. The normalized spacial score (nSPS) is 50.2. The molecule has 2 rings (SSSR count). The number of aliphatic hydroxyl groups excluding tert-OH is 1. The minimum Gasteiger partial charge on any atom is -0.390 e. The van der Waals surface area contributed by atoms with Gasteiger partial charge in [0.1, 0.15) is 12.3 Å². The van der Waals surface area contributed by atoms with Crippen molar-refractivity contribution in [3.63, 3.8) is 0 Å². The Kier molecular flexibility index (Phi) is 4.54. The zero-order chi connectivity index (χ0) is 13.3. The van der Waals surface area contributed by atoms with Crippen LogP contribution in [0.3, 0.4) is 0 Å². The molecule has 2 nitrogen and oxygen atoms in total. The SMILES string of the molecule is COC1CCC(C2CCC(O)C(F)C2F)C(F)C1.